The third-order valence-corrected chi connectivity index (χ3v) is 12.1. The van der Waals surface area contributed by atoms with Gasteiger partial charge in [-0.3, -0.25) is 0 Å². The molecule has 2 saturated carbocycles. The van der Waals surface area contributed by atoms with E-state index in [0.29, 0.717) is 12.0 Å². The standard InChI is InChI=1S/C31H52O3/c1-21(2)8-7-9-22(3)25-10-11-26-24-12-15-30-20-31(33-19-18-32,34-23(30)4)17-16-29(30,6)27(24)13-14-28(25,26)5/h21-23,25-26,32H,7-20H2,1-6H3/t22-,23+,25?,26?,28-,29-,30-,31+/m1/s1. The van der Waals surface area contributed by atoms with Gasteiger partial charge in [-0.1, -0.05) is 65.0 Å². The maximum absolute atomic E-state index is 9.38. The summed E-state index contributed by atoms with van der Waals surface area (Å²) < 4.78 is 12.8. The molecule has 0 radical (unpaired) electrons. The summed E-state index contributed by atoms with van der Waals surface area (Å²) in [5, 5.41) is 9.38. The summed E-state index contributed by atoms with van der Waals surface area (Å²) in [6.45, 7) is 15.4. The van der Waals surface area contributed by atoms with Crippen molar-refractivity contribution in [2.45, 2.75) is 130 Å². The fourth-order valence-corrected chi connectivity index (χ4v) is 10.2. The third-order valence-electron chi connectivity index (χ3n) is 12.1. The highest BCUT2D eigenvalue weighted by Gasteiger charge is 2.69. The Morgan fingerprint density at radius 1 is 1.03 bits per heavy atom. The maximum atomic E-state index is 9.38. The Labute approximate surface area is 209 Å². The number of rotatable bonds is 8. The molecule has 0 amide bonds. The van der Waals surface area contributed by atoms with Crippen LogP contribution in [0.4, 0.5) is 0 Å². The predicted octanol–water partition coefficient (Wildman–Crippen LogP) is 7.67. The summed E-state index contributed by atoms with van der Waals surface area (Å²) in [6, 6.07) is 0. The van der Waals surface area contributed by atoms with Gasteiger partial charge in [-0.15, -0.1) is 0 Å². The van der Waals surface area contributed by atoms with Crippen LogP contribution < -0.4 is 0 Å². The van der Waals surface area contributed by atoms with Crippen molar-refractivity contribution in [1.82, 2.24) is 0 Å². The van der Waals surface area contributed by atoms with E-state index >= 15 is 0 Å². The number of ether oxygens (including phenoxy) is 2. The lowest BCUT2D eigenvalue weighted by Crippen LogP contribution is -2.54. The molecule has 5 rings (SSSR count). The zero-order chi connectivity index (χ0) is 24.4. The van der Waals surface area contributed by atoms with Gasteiger partial charge in [0.1, 0.15) is 0 Å². The van der Waals surface area contributed by atoms with Gasteiger partial charge in [-0.25, -0.2) is 0 Å². The molecule has 0 aromatic carbocycles. The van der Waals surface area contributed by atoms with Crippen LogP contribution >= 0.6 is 0 Å². The van der Waals surface area contributed by atoms with Crippen LogP contribution in [-0.4, -0.2) is 30.2 Å². The summed E-state index contributed by atoms with van der Waals surface area (Å²) in [4.78, 5) is 0. The Morgan fingerprint density at radius 3 is 2.56 bits per heavy atom. The molecule has 2 unspecified atom stereocenters. The highest BCUT2D eigenvalue weighted by atomic mass is 16.7. The van der Waals surface area contributed by atoms with E-state index in [4.69, 9.17) is 9.47 Å². The fourth-order valence-electron chi connectivity index (χ4n) is 10.2. The van der Waals surface area contributed by atoms with Crippen molar-refractivity contribution in [3.8, 4) is 0 Å². The Kier molecular flexibility index (Phi) is 6.60. The first kappa shape index (κ1) is 25.3. The summed E-state index contributed by atoms with van der Waals surface area (Å²) >= 11 is 0. The highest BCUT2D eigenvalue weighted by molar-refractivity contribution is 5.38. The molecule has 194 valence electrons. The van der Waals surface area contributed by atoms with Gasteiger partial charge in [0.2, 0.25) is 0 Å². The Bertz CT molecular complexity index is 802. The molecule has 3 nitrogen and oxygen atoms in total. The number of fused-ring (bicyclic) bond motifs is 4. The van der Waals surface area contributed by atoms with E-state index in [-0.39, 0.29) is 23.5 Å². The second-order valence-corrected chi connectivity index (χ2v) is 14.0. The molecule has 1 aliphatic heterocycles. The smallest absolute Gasteiger partial charge is 0.169 e. The highest BCUT2D eigenvalue weighted by Crippen LogP contribution is 2.73. The molecule has 1 saturated heterocycles. The molecule has 4 aliphatic carbocycles. The van der Waals surface area contributed by atoms with E-state index in [1.807, 2.05) is 11.1 Å². The lowest BCUT2D eigenvalue weighted by atomic mass is 9.44. The zero-order valence-corrected chi connectivity index (χ0v) is 23.0. The summed E-state index contributed by atoms with van der Waals surface area (Å²) in [7, 11) is 0. The minimum absolute atomic E-state index is 0.0797. The van der Waals surface area contributed by atoms with E-state index in [0.717, 1.165) is 36.5 Å². The van der Waals surface area contributed by atoms with Gasteiger partial charge in [0.05, 0.1) is 19.3 Å². The van der Waals surface area contributed by atoms with E-state index < -0.39 is 5.79 Å². The molecular formula is C31H52O3. The van der Waals surface area contributed by atoms with Crippen molar-refractivity contribution in [2.75, 3.05) is 13.2 Å². The number of aliphatic hydroxyl groups is 1. The molecule has 3 fully saturated rings. The van der Waals surface area contributed by atoms with Gasteiger partial charge in [0, 0.05) is 18.3 Å². The second-order valence-electron chi connectivity index (χ2n) is 14.0. The average molecular weight is 473 g/mol. The van der Waals surface area contributed by atoms with Crippen molar-refractivity contribution < 1.29 is 14.6 Å². The van der Waals surface area contributed by atoms with Gasteiger partial charge in [0.25, 0.3) is 0 Å². The van der Waals surface area contributed by atoms with Crippen molar-refractivity contribution in [3.63, 3.8) is 0 Å². The minimum Gasteiger partial charge on any atom is -0.394 e. The first-order valence-electron chi connectivity index (χ1n) is 14.8. The number of allylic oxidation sites excluding steroid dienone is 2. The second kappa shape index (κ2) is 8.88. The molecule has 0 aromatic rings. The normalized spacial score (nSPS) is 46.4. The molecule has 3 heteroatoms. The first-order valence-corrected chi connectivity index (χ1v) is 14.8. The predicted molar refractivity (Wildman–Crippen MR) is 138 cm³/mol. The molecular weight excluding hydrogens is 420 g/mol. The Hall–Kier alpha value is -0.380. The van der Waals surface area contributed by atoms with Crippen LogP contribution in [0.25, 0.3) is 0 Å². The van der Waals surface area contributed by atoms with Crippen molar-refractivity contribution in [3.05, 3.63) is 11.1 Å². The van der Waals surface area contributed by atoms with E-state index in [1.165, 1.54) is 64.2 Å². The molecule has 2 bridgehead atoms. The minimum atomic E-state index is -0.452. The molecule has 34 heavy (non-hydrogen) atoms. The Balaban J connectivity index is 1.39. The van der Waals surface area contributed by atoms with Gasteiger partial charge < -0.3 is 14.6 Å². The average Bonchev–Trinajstić information content (AvgIpc) is 3.26. The van der Waals surface area contributed by atoms with E-state index in [9.17, 15) is 5.11 Å². The monoisotopic (exact) mass is 472 g/mol. The van der Waals surface area contributed by atoms with E-state index in [1.54, 1.807) is 0 Å². The lowest BCUT2D eigenvalue weighted by Gasteiger charge is -2.60. The molecule has 8 atom stereocenters. The molecule has 1 spiro atoms. The van der Waals surface area contributed by atoms with Crippen molar-refractivity contribution in [1.29, 1.82) is 0 Å². The molecule has 0 aromatic heterocycles. The van der Waals surface area contributed by atoms with E-state index in [2.05, 4.69) is 41.5 Å². The molecule has 1 heterocycles. The van der Waals surface area contributed by atoms with Crippen molar-refractivity contribution in [2.24, 2.45) is 39.9 Å². The van der Waals surface area contributed by atoms with Gasteiger partial charge in [0.15, 0.2) is 5.79 Å². The largest absolute Gasteiger partial charge is 0.394 e. The summed E-state index contributed by atoms with van der Waals surface area (Å²) in [6.07, 6.45) is 15.7. The zero-order valence-electron chi connectivity index (χ0n) is 23.0. The summed E-state index contributed by atoms with van der Waals surface area (Å²) in [5.41, 5.74) is 4.71. The number of aliphatic hydroxyl groups excluding tert-OH is 1. The topological polar surface area (TPSA) is 38.7 Å². The molecule has 1 N–H and O–H groups in total. The Morgan fingerprint density at radius 2 is 1.82 bits per heavy atom. The fraction of sp³-hybridized carbons (Fsp3) is 0.935. The quantitative estimate of drug-likeness (QED) is 0.368. The van der Waals surface area contributed by atoms with Crippen molar-refractivity contribution >= 4 is 0 Å². The van der Waals surface area contributed by atoms with Crippen LogP contribution in [0.3, 0.4) is 0 Å². The first-order chi connectivity index (χ1) is 16.1. The van der Waals surface area contributed by atoms with Crippen LogP contribution in [-0.2, 0) is 9.47 Å². The van der Waals surface area contributed by atoms with Crippen LogP contribution in [0.1, 0.15) is 119 Å². The summed E-state index contributed by atoms with van der Waals surface area (Å²) in [5.74, 6) is 2.97. The van der Waals surface area contributed by atoms with Crippen LogP contribution in [0.2, 0.25) is 0 Å². The SMILES string of the molecule is CC(C)CCC[C@@H](C)C1CCC2C3=C(CC[C@@]21C)[C@@]1(C)CC[C@@]2(OCCO)C[C@]1(CC3)[C@H](C)O2. The number of hydrogen-bond donors (Lipinski definition) is 1. The van der Waals surface area contributed by atoms with Crippen LogP contribution in [0.15, 0.2) is 11.1 Å². The van der Waals surface area contributed by atoms with Crippen LogP contribution in [0, 0.1) is 39.9 Å². The van der Waals surface area contributed by atoms with Gasteiger partial charge >= 0.3 is 0 Å². The number of hydrogen-bond acceptors (Lipinski definition) is 3. The van der Waals surface area contributed by atoms with Gasteiger partial charge in [-0.2, -0.15) is 0 Å². The third kappa shape index (κ3) is 3.61. The lowest BCUT2D eigenvalue weighted by molar-refractivity contribution is -0.233. The van der Waals surface area contributed by atoms with Crippen LogP contribution in [0.5, 0.6) is 0 Å². The molecule has 5 aliphatic rings. The van der Waals surface area contributed by atoms with Gasteiger partial charge in [-0.05, 0) is 86.4 Å². The maximum Gasteiger partial charge on any atom is 0.169 e.